The maximum atomic E-state index is 3.46. The van der Waals surface area contributed by atoms with Crippen molar-refractivity contribution in [2.24, 2.45) is 17.3 Å². The van der Waals surface area contributed by atoms with Crippen LogP contribution in [0.3, 0.4) is 0 Å². The van der Waals surface area contributed by atoms with E-state index in [9.17, 15) is 0 Å². The predicted octanol–water partition coefficient (Wildman–Crippen LogP) is 3.35. The van der Waals surface area contributed by atoms with Crippen molar-refractivity contribution in [3.8, 4) is 0 Å². The Morgan fingerprint density at radius 3 is 2.74 bits per heavy atom. The second-order valence-electron chi connectivity index (χ2n) is 7.33. The van der Waals surface area contributed by atoms with E-state index in [1.54, 1.807) is 16.7 Å². The zero-order chi connectivity index (χ0) is 12.9. The minimum Gasteiger partial charge on any atom is -0.319 e. The van der Waals surface area contributed by atoms with E-state index in [1.807, 2.05) is 0 Å². The topological polar surface area (TPSA) is 12.0 Å². The van der Waals surface area contributed by atoms with Crippen LogP contribution in [0.25, 0.3) is 0 Å². The van der Waals surface area contributed by atoms with Crippen molar-refractivity contribution in [1.82, 2.24) is 5.32 Å². The number of aryl methyl sites for hydroxylation is 2. The third-order valence-corrected chi connectivity index (χ3v) is 5.75. The molecule has 4 rings (SSSR count). The largest absolute Gasteiger partial charge is 0.319 e. The highest BCUT2D eigenvalue weighted by molar-refractivity contribution is 5.36. The Hall–Kier alpha value is -0.820. The molecule has 0 aromatic heterocycles. The van der Waals surface area contributed by atoms with Crippen LogP contribution in [-0.4, -0.2) is 13.6 Å². The molecule has 0 radical (unpaired) electrons. The first-order valence-corrected chi connectivity index (χ1v) is 8.03. The molecule has 19 heavy (non-hydrogen) atoms. The normalized spacial score (nSPS) is 35.2. The van der Waals surface area contributed by atoms with Gasteiger partial charge in [0.2, 0.25) is 0 Å². The SMILES string of the molecule is CNCC1(Cc2ccc3c(c2)CCC3)CC2CC2C1. The summed E-state index contributed by atoms with van der Waals surface area (Å²) in [6, 6.07) is 7.33. The molecular weight excluding hydrogens is 230 g/mol. The van der Waals surface area contributed by atoms with Crippen LogP contribution in [-0.2, 0) is 19.3 Å². The highest BCUT2D eigenvalue weighted by atomic mass is 14.8. The predicted molar refractivity (Wildman–Crippen MR) is 79.4 cm³/mol. The lowest BCUT2D eigenvalue weighted by molar-refractivity contribution is 0.255. The molecule has 1 aromatic rings. The monoisotopic (exact) mass is 255 g/mol. The molecule has 3 aliphatic rings. The van der Waals surface area contributed by atoms with Crippen LogP contribution < -0.4 is 5.32 Å². The van der Waals surface area contributed by atoms with E-state index in [1.165, 1.54) is 51.5 Å². The zero-order valence-corrected chi connectivity index (χ0v) is 12.0. The van der Waals surface area contributed by atoms with Gasteiger partial charge in [0.1, 0.15) is 0 Å². The van der Waals surface area contributed by atoms with Gasteiger partial charge in [-0.2, -0.15) is 0 Å². The van der Waals surface area contributed by atoms with E-state index in [-0.39, 0.29) is 0 Å². The van der Waals surface area contributed by atoms with Crippen molar-refractivity contribution in [3.63, 3.8) is 0 Å². The second-order valence-corrected chi connectivity index (χ2v) is 7.33. The van der Waals surface area contributed by atoms with Crippen molar-refractivity contribution in [2.75, 3.05) is 13.6 Å². The summed E-state index contributed by atoms with van der Waals surface area (Å²) < 4.78 is 0. The molecule has 1 N–H and O–H groups in total. The smallest absolute Gasteiger partial charge is 0.000820 e. The van der Waals surface area contributed by atoms with Crippen LogP contribution >= 0.6 is 0 Å². The Labute approximate surface area is 116 Å². The third kappa shape index (κ3) is 2.12. The third-order valence-electron chi connectivity index (χ3n) is 5.75. The van der Waals surface area contributed by atoms with Crippen molar-refractivity contribution < 1.29 is 0 Å². The summed E-state index contributed by atoms with van der Waals surface area (Å²) in [6.07, 6.45) is 9.74. The number of benzene rings is 1. The summed E-state index contributed by atoms with van der Waals surface area (Å²) in [4.78, 5) is 0. The van der Waals surface area contributed by atoms with E-state index in [0.717, 1.165) is 11.8 Å². The highest BCUT2D eigenvalue weighted by Gasteiger charge is 2.53. The fourth-order valence-corrected chi connectivity index (χ4v) is 4.90. The lowest BCUT2D eigenvalue weighted by atomic mass is 9.77. The molecule has 0 aliphatic heterocycles. The minimum atomic E-state index is 0.565. The molecule has 1 aromatic carbocycles. The van der Waals surface area contributed by atoms with Crippen LogP contribution in [0.5, 0.6) is 0 Å². The highest BCUT2D eigenvalue weighted by Crippen LogP contribution is 2.60. The maximum absolute atomic E-state index is 3.46. The first-order valence-electron chi connectivity index (χ1n) is 8.03. The molecule has 0 spiro atoms. The molecule has 3 aliphatic carbocycles. The van der Waals surface area contributed by atoms with Gasteiger partial charge in [-0.3, -0.25) is 0 Å². The Balaban J connectivity index is 1.55. The quantitative estimate of drug-likeness (QED) is 0.870. The second kappa shape index (κ2) is 4.34. The van der Waals surface area contributed by atoms with Gasteiger partial charge in [-0.15, -0.1) is 0 Å². The molecule has 0 heterocycles. The Kier molecular flexibility index (Phi) is 2.73. The Bertz CT molecular complexity index is 480. The molecule has 2 unspecified atom stereocenters. The molecule has 2 atom stereocenters. The fourth-order valence-electron chi connectivity index (χ4n) is 4.90. The zero-order valence-electron chi connectivity index (χ0n) is 12.0. The molecular formula is C18H25N. The van der Waals surface area contributed by atoms with E-state index >= 15 is 0 Å². The van der Waals surface area contributed by atoms with Gasteiger partial charge < -0.3 is 5.32 Å². The number of hydrogen-bond acceptors (Lipinski definition) is 1. The van der Waals surface area contributed by atoms with Crippen LogP contribution in [0.15, 0.2) is 18.2 Å². The lowest BCUT2D eigenvalue weighted by Crippen LogP contribution is -2.33. The summed E-state index contributed by atoms with van der Waals surface area (Å²) in [6.45, 7) is 1.21. The summed E-state index contributed by atoms with van der Waals surface area (Å²) in [5, 5.41) is 3.46. The average Bonchev–Trinajstić information content (AvgIpc) is 2.84. The Morgan fingerprint density at radius 2 is 1.95 bits per heavy atom. The van der Waals surface area contributed by atoms with Gasteiger partial charge >= 0.3 is 0 Å². The van der Waals surface area contributed by atoms with Crippen molar-refractivity contribution >= 4 is 0 Å². The summed E-state index contributed by atoms with van der Waals surface area (Å²) >= 11 is 0. The fraction of sp³-hybridized carbons (Fsp3) is 0.667. The van der Waals surface area contributed by atoms with E-state index in [0.29, 0.717) is 5.41 Å². The van der Waals surface area contributed by atoms with Gasteiger partial charge in [0, 0.05) is 6.54 Å². The van der Waals surface area contributed by atoms with E-state index in [2.05, 4.69) is 30.6 Å². The maximum Gasteiger partial charge on any atom is 0.000820 e. The summed E-state index contributed by atoms with van der Waals surface area (Å²) in [5.41, 5.74) is 5.41. The van der Waals surface area contributed by atoms with Crippen molar-refractivity contribution in [2.45, 2.75) is 44.9 Å². The van der Waals surface area contributed by atoms with Crippen molar-refractivity contribution in [1.29, 1.82) is 0 Å². The molecule has 0 saturated heterocycles. The molecule has 1 nitrogen and oxygen atoms in total. The van der Waals surface area contributed by atoms with E-state index in [4.69, 9.17) is 0 Å². The lowest BCUT2D eigenvalue weighted by Gasteiger charge is -2.31. The number of nitrogens with one attached hydrogen (secondary N) is 1. The van der Waals surface area contributed by atoms with Crippen LogP contribution in [0.2, 0.25) is 0 Å². The van der Waals surface area contributed by atoms with Crippen LogP contribution in [0.4, 0.5) is 0 Å². The average molecular weight is 255 g/mol. The van der Waals surface area contributed by atoms with Gasteiger partial charge in [-0.25, -0.2) is 0 Å². The van der Waals surface area contributed by atoms with E-state index < -0.39 is 0 Å². The standard InChI is InChI=1S/C18H25N/c1-19-12-18(10-16-8-17(16)11-18)9-13-5-6-14-3-2-4-15(14)7-13/h5-7,16-17,19H,2-4,8-12H2,1H3. The van der Waals surface area contributed by atoms with Gasteiger partial charge in [-0.05, 0) is 85.9 Å². The van der Waals surface area contributed by atoms with Crippen LogP contribution in [0.1, 0.15) is 42.4 Å². The summed E-state index contributed by atoms with van der Waals surface area (Å²) in [7, 11) is 2.12. The first kappa shape index (κ1) is 12.0. The number of rotatable bonds is 4. The van der Waals surface area contributed by atoms with Crippen molar-refractivity contribution in [3.05, 3.63) is 34.9 Å². The Morgan fingerprint density at radius 1 is 1.16 bits per heavy atom. The van der Waals surface area contributed by atoms with Gasteiger partial charge in [0.25, 0.3) is 0 Å². The minimum absolute atomic E-state index is 0.565. The van der Waals surface area contributed by atoms with Crippen LogP contribution in [0, 0.1) is 17.3 Å². The summed E-state index contributed by atoms with van der Waals surface area (Å²) in [5.74, 6) is 2.14. The van der Waals surface area contributed by atoms with Gasteiger partial charge in [0.15, 0.2) is 0 Å². The van der Waals surface area contributed by atoms with Gasteiger partial charge in [0.05, 0.1) is 0 Å². The number of fused-ring (bicyclic) bond motifs is 2. The molecule has 2 fully saturated rings. The molecule has 102 valence electrons. The first-order chi connectivity index (χ1) is 9.28. The molecule has 1 heteroatoms. The number of hydrogen-bond donors (Lipinski definition) is 1. The molecule has 2 saturated carbocycles. The van der Waals surface area contributed by atoms with Gasteiger partial charge in [-0.1, -0.05) is 18.2 Å². The molecule has 0 amide bonds. The molecule has 0 bridgehead atoms.